The van der Waals surface area contributed by atoms with Gasteiger partial charge in [-0.05, 0) is 12.1 Å². The van der Waals surface area contributed by atoms with Crippen molar-refractivity contribution in [2.45, 2.75) is 12.5 Å². The van der Waals surface area contributed by atoms with Crippen molar-refractivity contribution >= 4 is 27.8 Å². The number of carbonyl (C=O) groups excluding carboxylic acids is 1. The summed E-state index contributed by atoms with van der Waals surface area (Å²) in [6.45, 7) is -0.484. The van der Waals surface area contributed by atoms with Gasteiger partial charge in [0.15, 0.2) is 0 Å². The van der Waals surface area contributed by atoms with Gasteiger partial charge in [0, 0.05) is 17.5 Å². The van der Waals surface area contributed by atoms with Gasteiger partial charge in [0.1, 0.15) is 23.2 Å². The standard InChI is InChI=1S/C11H10BrF2NO4/c12-5-3-6(13)9(7(14)4-5)10(17)15-8(1-2-16)11(18)19/h3-4,8,16H,1-2H2,(H,15,17)(H,18,19). The summed E-state index contributed by atoms with van der Waals surface area (Å²) in [5, 5.41) is 19.3. The van der Waals surface area contributed by atoms with Crippen LogP contribution in [-0.4, -0.2) is 34.7 Å². The van der Waals surface area contributed by atoms with Crippen LogP contribution in [0.2, 0.25) is 0 Å². The summed E-state index contributed by atoms with van der Waals surface area (Å²) in [6, 6.07) is 0.361. The molecule has 1 unspecified atom stereocenters. The van der Waals surface area contributed by atoms with Crippen molar-refractivity contribution in [3.63, 3.8) is 0 Å². The van der Waals surface area contributed by atoms with E-state index in [0.29, 0.717) is 0 Å². The lowest BCUT2D eigenvalue weighted by molar-refractivity contribution is -0.139. The van der Waals surface area contributed by atoms with Crippen LogP contribution >= 0.6 is 15.9 Å². The smallest absolute Gasteiger partial charge is 0.326 e. The van der Waals surface area contributed by atoms with Crippen molar-refractivity contribution in [2.75, 3.05) is 6.61 Å². The number of rotatable bonds is 5. The molecular formula is C11H10BrF2NO4. The Labute approximate surface area is 115 Å². The minimum atomic E-state index is -1.42. The first-order valence-corrected chi connectivity index (χ1v) is 5.95. The first-order valence-electron chi connectivity index (χ1n) is 5.16. The van der Waals surface area contributed by atoms with Crippen LogP contribution in [0.1, 0.15) is 16.8 Å². The Morgan fingerprint density at radius 3 is 2.26 bits per heavy atom. The van der Waals surface area contributed by atoms with E-state index in [-0.39, 0.29) is 10.9 Å². The van der Waals surface area contributed by atoms with Crippen molar-refractivity contribution in [3.8, 4) is 0 Å². The largest absolute Gasteiger partial charge is 0.480 e. The molecule has 0 saturated heterocycles. The maximum Gasteiger partial charge on any atom is 0.326 e. The Hall–Kier alpha value is -1.54. The number of nitrogens with one attached hydrogen (secondary N) is 1. The molecule has 0 radical (unpaired) electrons. The Morgan fingerprint density at radius 1 is 1.32 bits per heavy atom. The fraction of sp³-hybridized carbons (Fsp3) is 0.273. The third-order valence-corrected chi connectivity index (χ3v) is 2.71. The number of carbonyl (C=O) groups is 2. The first kappa shape index (κ1) is 15.5. The summed E-state index contributed by atoms with van der Waals surface area (Å²) < 4.78 is 27.1. The van der Waals surface area contributed by atoms with E-state index in [4.69, 9.17) is 10.2 Å². The molecule has 0 spiro atoms. The Kier molecular flexibility index (Phi) is 5.37. The van der Waals surface area contributed by atoms with E-state index in [9.17, 15) is 18.4 Å². The average Bonchev–Trinajstić information content (AvgIpc) is 2.26. The topological polar surface area (TPSA) is 86.6 Å². The predicted octanol–water partition coefficient (Wildman–Crippen LogP) is 1.29. The Bertz CT molecular complexity index is 486. The highest BCUT2D eigenvalue weighted by Gasteiger charge is 2.24. The molecule has 8 heteroatoms. The molecule has 3 N–H and O–H groups in total. The third kappa shape index (κ3) is 3.97. The molecule has 5 nitrogen and oxygen atoms in total. The van der Waals surface area contributed by atoms with Gasteiger partial charge in [-0.2, -0.15) is 0 Å². The van der Waals surface area contributed by atoms with Crippen LogP contribution in [-0.2, 0) is 4.79 Å². The van der Waals surface area contributed by atoms with Gasteiger partial charge in [0.2, 0.25) is 0 Å². The van der Waals surface area contributed by atoms with Gasteiger partial charge in [-0.25, -0.2) is 13.6 Å². The molecule has 0 bridgehead atoms. The quantitative estimate of drug-likeness (QED) is 0.755. The zero-order valence-corrected chi connectivity index (χ0v) is 11.1. The molecule has 1 aromatic rings. The average molecular weight is 338 g/mol. The number of hydrogen-bond donors (Lipinski definition) is 3. The summed E-state index contributed by atoms with van der Waals surface area (Å²) in [5.41, 5.74) is -0.868. The van der Waals surface area contributed by atoms with Crippen LogP contribution < -0.4 is 5.32 Å². The number of aliphatic hydroxyl groups excluding tert-OH is 1. The van der Waals surface area contributed by atoms with E-state index >= 15 is 0 Å². The lowest BCUT2D eigenvalue weighted by atomic mass is 10.1. The minimum absolute atomic E-state index is 0.115. The normalized spacial score (nSPS) is 12.0. The van der Waals surface area contributed by atoms with Gasteiger partial charge >= 0.3 is 5.97 Å². The number of benzene rings is 1. The number of carboxylic acids is 1. The number of aliphatic carboxylic acids is 1. The highest BCUT2D eigenvalue weighted by atomic mass is 79.9. The first-order chi connectivity index (χ1) is 8.86. The van der Waals surface area contributed by atoms with E-state index in [1.807, 2.05) is 5.32 Å². The number of hydrogen-bond acceptors (Lipinski definition) is 3. The van der Waals surface area contributed by atoms with E-state index < -0.39 is 41.7 Å². The fourth-order valence-electron chi connectivity index (χ4n) is 1.38. The van der Waals surface area contributed by atoms with Crippen molar-refractivity contribution in [3.05, 3.63) is 33.8 Å². The molecule has 1 atom stereocenters. The Balaban J connectivity index is 2.98. The lowest BCUT2D eigenvalue weighted by Gasteiger charge is -2.14. The molecule has 19 heavy (non-hydrogen) atoms. The van der Waals surface area contributed by atoms with Crippen LogP contribution in [0.15, 0.2) is 16.6 Å². The molecule has 0 aliphatic carbocycles. The molecule has 104 valence electrons. The van der Waals surface area contributed by atoms with Crippen LogP contribution in [0.5, 0.6) is 0 Å². The third-order valence-electron chi connectivity index (χ3n) is 2.26. The molecule has 0 aliphatic heterocycles. The molecule has 1 aromatic carbocycles. The second-order valence-electron chi connectivity index (χ2n) is 3.62. The Morgan fingerprint density at radius 2 is 1.84 bits per heavy atom. The van der Waals surface area contributed by atoms with Gasteiger partial charge < -0.3 is 15.5 Å². The zero-order valence-electron chi connectivity index (χ0n) is 9.49. The summed E-state index contributed by atoms with van der Waals surface area (Å²) in [5.74, 6) is -4.82. The summed E-state index contributed by atoms with van der Waals surface area (Å²) >= 11 is 2.86. The number of aliphatic hydroxyl groups is 1. The van der Waals surface area contributed by atoms with Crippen molar-refractivity contribution in [1.29, 1.82) is 0 Å². The van der Waals surface area contributed by atoms with Crippen LogP contribution in [0, 0.1) is 11.6 Å². The SMILES string of the molecule is O=C(NC(CCO)C(=O)O)c1c(F)cc(Br)cc1F. The van der Waals surface area contributed by atoms with E-state index in [1.165, 1.54) is 0 Å². The van der Waals surface area contributed by atoms with Gasteiger partial charge in [0.25, 0.3) is 5.91 Å². The van der Waals surface area contributed by atoms with Gasteiger partial charge in [-0.3, -0.25) is 4.79 Å². The zero-order chi connectivity index (χ0) is 14.6. The van der Waals surface area contributed by atoms with Crippen molar-refractivity contribution in [2.24, 2.45) is 0 Å². The van der Waals surface area contributed by atoms with Crippen molar-refractivity contribution < 1.29 is 28.6 Å². The maximum absolute atomic E-state index is 13.5. The molecule has 1 amide bonds. The second-order valence-corrected chi connectivity index (χ2v) is 4.54. The summed E-state index contributed by atoms with van der Waals surface area (Å²) in [4.78, 5) is 22.4. The minimum Gasteiger partial charge on any atom is -0.480 e. The molecule has 0 fully saturated rings. The highest BCUT2D eigenvalue weighted by Crippen LogP contribution is 2.19. The number of carboxylic acid groups (broad SMARTS) is 1. The maximum atomic E-state index is 13.5. The van der Waals surface area contributed by atoms with E-state index in [2.05, 4.69) is 15.9 Å². The molecular weight excluding hydrogens is 328 g/mol. The fourth-order valence-corrected chi connectivity index (χ4v) is 1.78. The highest BCUT2D eigenvalue weighted by molar-refractivity contribution is 9.10. The molecule has 0 aromatic heterocycles. The van der Waals surface area contributed by atoms with Crippen LogP contribution in [0.25, 0.3) is 0 Å². The number of halogens is 3. The monoisotopic (exact) mass is 337 g/mol. The van der Waals surface area contributed by atoms with Gasteiger partial charge in [-0.1, -0.05) is 15.9 Å². The lowest BCUT2D eigenvalue weighted by Crippen LogP contribution is -2.42. The van der Waals surface area contributed by atoms with Crippen LogP contribution in [0.4, 0.5) is 8.78 Å². The molecule has 0 heterocycles. The molecule has 1 rings (SSSR count). The van der Waals surface area contributed by atoms with Crippen LogP contribution in [0.3, 0.4) is 0 Å². The molecule has 0 aliphatic rings. The predicted molar refractivity (Wildman–Crippen MR) is 64.7 cm³/mol. The summed E-state index contributed by atoms with van der Waals surface area (Å²) in [7, 11) is 0. The molecule has 0 saturated carbocycles. The van der Waals surface area contributed by atoms with Gasteiger partial charge in [-0.15, -0.1) is 0 Å². The second kappa shape index (κ2) is 6.58. The van der Waals surface area contributed by atoms with E-state index in [1.54, 1.807) is 0 Å². The number of amides is 1. The van der Waals surface area contributed by atoms with E-state index in [0.717, 1.165) is 12.1 Å². The van der Waals surface area contributed by atoms with Gasteiger partial charge in [0.05, 0.1) is 0 Å². The van der Waals surface area contributed by atoms with Crippen molar-refractivity contribution in [1.82, 2.24) is 5.32 Å². The summed E-state index contributed by atoms with van der Waals surface area (Å²) in [6.07, 6.45) is -0.263.